The van der Waals surface area contributed by atoms with Gasteiger partial charge >= 0.3 is 0 Å². The van der Waals surface area contributed by atoms with Crippen molar-refractivity contribution in [3.8, 4) is 0 Å². The first-order chi connectivity index (χ1) is 10.8. The number of rotatable bonds is 5. The second kappa shape index (κ2) is 7.27. The van der Waals surface area contributed by atoms with Gasteiger partial charge in [0.15, 0.2) is 5.43 Å². The maximum atomic E-state index is 12.4. The maximum Gasteiger partial charge on any atom is 0.237 e. The molecule has 1 saturated heterocycles. The van der Waals surface area contributed by atoms with Crippen LogP contribution in [-0.2, 0) is 16.1 Å². The number of aromatic amines is 1. The van der Waals surface area contributed by atoms with Crippen LogP contribution in [0, 0.1) is 6.92 Å². The number of aryl methyl sites for hydroxylation is 1. The zero-order valence-corrected chi connectivity index (χ0v) is 14.6. The molecule has 23 heavy (non-hydrogen) atoms. The highest BCUT2D eigenvalue weighted by Gasteiger charge is 2.25. The summed E-state index contributed by atoms with van der Waals surface area (Å²) < 4.78 is 5.81. The Balaban J connectivity index is 2.09. The van der Waals surface area contributed by atoms with E-state index >= 15 is 0 Å². The zero-order chi connectivity index (χ0) is 17.1. The van der Waals surface area contributed by atoms with E-state index < -0.39 is 0 Å². The molecular formula is C17H27N3O3. The highest BCUT2D eigenvalue weighted by Crippen LogP contribution is 2.31. The molecule has 6 nitrogen and oxygen atoms in total. The number of nitrogens with one attached hydrogen (secondary N) is 2. The number of carbonyl (C=O) groups excluding carboxylic acids is 1. The number of hydrogen-bond donors (Lipinski definition) is 2. The minimum absolute atomic E-state index is 0.0335. The second-order valence-corrected chi connectivity index (χ2v) is 6.56. The quantitative estimate of drug-likeness (QED) is 0.862. The van der Waals surface area contributed by atoms with Gasteiger partial charge in [-0.25, -0.2) is 0 Å². The van der Waals surface area contributed by atoms with Crippen LogP contribution in [-0.4, -0.2) is 42.0 Å². The van der Waals surface area contributed by atoms with Crippen LogP contribution in [0.25, 0.3) is 0 Å². The smallest absolute Gasteiger partial charge is 0.237 e. The van der Waals surface area contributed by atoms with Gasteiger partial charge in [0.25, 0.3) is 0 Å². The van der Waals surface area contributed by atoms with E-state index in [2.05, 4.69) is 10.3 Å². The largest absolute Gasteiger partial charge is 0.369 e. The Morgan fingerprint density at radius 2 is 2.17 bits per heavy atom. The van der Waals surface area contributed by atoms with Gasteiger partial charge < -0.3 is 15.0 Å². The molecule has 3 atom stereocenters. The zero-order valence-electron chi connectivity index (χ0n) is 14.6. The van der Waals surface area contributed by atoms with Crippen LogP contribution >= 0.6 is 0 Å². The number of aromatic nitrogens is 1. The molecule has 2 N–H and O–H groups in total. The predicted molar refractivity (Wildman–Crippen MR) is 89.3 cm³/mol. The molecular weight excluding hydrogens is 294 g/mol. The van der Waals surface area contributed by atoms with Crippen molar-refractivity contribution >= 4 is 5.91 Å². The van der Waals surface area contributed by atoms with Crippen LogP contribution in [0.4, 0.5) is 0 Å². The Bertz CT molecular complexity index is 624. The van der Waals surface area contributed by atoms with Crippen molar-refractivity contribution in [2.45, 2.75) is 58.4 Å². The third kappa shape index (κ3) is 4.20. The lowest BCUT2D eigenvalue weighted by atomic mass is 10.1. The Morgan fingerprint density at radius 3 is 2.70 bits per heavy atom. The molecule has 1 fully saturated rings. The lowest BCUT2D eigenvalue weighted by molar-refractivity contribution is -0.125. The summed E-state index contributed by atoms with van der Waals surface area (Å²) in [5.41, 5.74) is 2.15. The Morgan fingerprint density at radius 1 is 1.48 bits per heavy atom. The fourth-order valence-corrected chi connectivity index (χ4v) is 2.72. The van der Waals surface area contributed by atoms with Gasteiger partial charge in [-0.15, -0.1) is 0 Å². The molecule has 0 bridgehead atoms. The number of carbonyl (C=O) groups is 1. The van der Waals surface area contributed by atoms with Crippen LogP contribution in [0.2, 0.25) is 0 Å². The molecule has 1 aromatic rings. The molecule has 2 rings (SSSR count). The third-order valence-electron chi connectivity index (χ3n) is 4.54. The molecule has 0 spiro atoms. The first kappa shape index (κ1) is 17.7. The summed E-state index contributed by atoms with van der Waals surface area (Å²) in [5.74, 6) is -0.0918. The summed E-state index contributed by atoms with van der Waals surface area (Å²) in [4.78, 5) is 29.5. The van der Waals surface area contributed by atoms with Gasteiger partial charge in [-0.2, -0.15) is 0 Å². The van der Waals surface area contributed by atoms with Gasteiger partial charge in [0, 0.05) is 29.6 Å². The molecule has 3 unspecified atom stereocenters. The molecule has 1 amide bonds. The average molecular weight is 321 g/mol. The van der Waals surface area contributed by atoms with Gasteiger partial charge in [-0.05, 0) is 47.7 Å². The Kier molecular flexibility index (Phi) is 5.59. The number of hydrogen-bond acceptors (Lipinski definition) is 4. The summed E-state index contributed by atoms with van der Waals surface area (Å²) in [6.45, 7) is 5.97. The molecule has 6 heteroatoms. The first-order valence-corrected chi connectivity index (χ1v) is 8.12. The van der Waals surface area contributed by atoms with E-state index in [1.54, 1.807) is 6.07 Å². The summed E-state index contributed by atoms with van der Waals surface area (Å²) in [7, 11) is 3.69. The predicted octanol–water partition coefficient (Wildman–Crippen LogP) is 1.49. The Labute approximate surface area is 137 Å². The van der Waals surface area contributed by atoms with E-state index in [1.165, 1.54) is 0 Å². The van der Waals surface area contributed by atoms with Crippen molar-refractivity contribution in [3.63, 3.8) is 0 Å². The van der Waals surface area contributed by atoms with Crippen molar-refractivity contribution in [1.82, 2.24) is 15.2 Å². The van der Waals surface area contributed by atoms with Crippen molar-refractivity contribution in [1.29, 1.82) is 0 Å². The number of likely N-dealkylation sites (N-methyl/N-ethyl adjacent to an activating group) is 1. The van der Waals surface area contributed by atoms with Gasteiger partial charge in [-0.3, -0.25) is 14.5 Å². The molecule has 0 saturated carbocycles. The third-order valence-corrected chi connectivity index (χ3v) is 4.54. The van der Waals surface area contributed by atoms with E-state index in [0.29, 0.717) is 5.56 Å². The van der Waals surface area contributed by atoms with Crippen LogP contribution < -0.4 is 10.7 Å². The second-order valence-electron chi connectivity index (χ2n) is 6.56. The van der Waals surface area contributed by atoms with Crippen LogP contribution in [0.5, 0.6) is 0 Å². The molecule has 2 heterocycles. The molecule has 1 aromatic heterocycles. The normalized spacial score (nSPS) is 22.3. The van der Waals surface area contributed by atoms with E-state index in [9.17, 15) is 9.59 Å². The number of H-pyrrole nitrogens is 1. The SMILES string of the molecule is Cc1[nH]c(C2CCC(C)O2)cc(=O)c1CNC(=O)C(C)N(C)C. The number of amides is 1. The van der Waals surface area contributed by atoms with Crippen molar-refractivity contribution < 1.29 is 9.53 Å². The van der Waals surface area contributed by atoms with Gasteiger partial charge in [-0.1, -0.05) is 0 Å². The molecule has 1 aliphatic heterocycles. The van der Waals surface area contributed by atoms with Gasteiger partial charge in [0.2, 0.25) is 5.91 Å². The van der Waals surface area contributed by atoms with Crippen LogP contribution in [0.3, 0.4) is 0 Å². The molecule has 0 radical (unpaired) electrons. The molecule has 128 valence electrons. The van der Waals surface area contributed by atoms with Crippen LogP contribution in [0.15, 0.2) is 10.9 Å². The summed E-state index contributed by atoms with van der Waals surface area (Å²) in [6, 6.07) is 1.37. The van der Waals surface area contributed by atoms with Gasteiger partial charge in [0.1, 0.15) is 0 Å². The number of nitrogens with zero attached hydrogens (tertiary/aromatic N) is 1. The van der Waals surface area contributed by atoms with Crippen LogP contribution in [0.1, 0.15) is 49.7 Å². The summed E-state index contributed by atoms with van der Waals surface area (Å²) in [5, 5.41) is 2.83. The first-order valence-electron chi connectivity index (χ1n) is 8.12. The van der Waals surface area contributed by atoms with Crippen molar-refractivity contribution in [2.75, 3.05) is 14.1 Å². The highest BCUT2D eigenvalue weighted by molar-refractivity contribution is 5.81. The Hall–Kier alpha value is -1.66. The fourth-order valence-electron chi connectivity index (χ4n) is 2.72. The standard InChI is InChI=1S/C17H27N3O3/c1-10-6-7-16(23-10)14-8-15(21)13(11(2)19-14)9-18-17(22)12(3)20(4)5/h8,10,12,16H,6-7,9H2,1-5H3,(H,18,22)(H,19,21). The monoisotopic (exact) mass is 321 g/mol. The summed E-state index contributed by atoms with van der Waals surface area (Å²) in [6.07, 6.45) is 2.13. The number of pyridine rings is 1. The van der Waals surface area contributed by atoms with Crippen molar-refractivity contribution in [3.05, 3.63) is 33.2 Å². The van der Waals surface area contributed by atoms with Crippen molar-refractivity contribution in [2.24, 2.45) is 0 Å². The minimum atomic E-state index is -0.234. The lowest BCUT2D eigenvalue weighted by Crippen LogP contribution is -2.41. The minimum Gasteiger partial charge on any atom is -0.369 e. The molecule has 0 aliphatic carbocycles. The van der Waals surface area contributed by atoms with E-state index in [1.807, 2.05) is 39.8 Å². The number of ether oxygens (including phenoxy) is 1. The molecule has 1 aliphatic rings. The topological polar surface area (TPSA) is 74.4 Å². The van der Waals surface area contributed by atoms with E-state index in [4.69, 9.17) is 4.74 Å². The molecule has 0 aromatic carbocycles. The van der Waals surface area contributed by atoms with Gasteiger partial charge in [0.05, 0.1) is 18.2 Å². The maximum absolute atomic E-state index is 12.4. The summed E-state index contributed by atoms with van der Waals surface area (Å²) >= 11 is 0. The van der Waals surface area contributed by atoms with E-state index in [-0.39, 0.29) is 36.1 Å². The fraction of sp³-hybridized carbons (Fsp3) is 0.647. The van der Waals surface area contributed by atoms with E-state index in [0.717, 1.165) is 24.2 Å². The lowest BCUT2D eigenvalue weighted by Gasteiger charge is -2.19. The average Bonchev–Trinajstić information content (AvgIpc) is 2.91. The highest BCUT2D eigenvalue weighted by atomic mass is 16.5.